The van der Waals surface area contributed by atoms with E-state index in [1.807, 2.05) is 36.4 Å². The summed E-state index contributed by atoms with van der Waals surface area (Å²) in [7, 11) is 0. The molecule has 1 aromatic carbocycles. The van der Waals surface area contributed by atoms with Gasteiger partial charge in [0.1, 0.15) is 10.0 Å². The van der Waals surface area contributed by atoms with Gasteiger partial charge in [-0.1, -0.05) is 40.9 Å². The molecule has 5 aromatic rings. The van der Waals surface area contributed by atoms with Crippen LogP contribution in [0.4, 0.5) is 21.6 Å². The van der Waals surface area contributed by atoms with Gasteiger partial charge in [0, 0.05) is 35.2 Å². The predicted octanol–water partition coefficient (Wildman–Crippen LogP) is 3.77. The zero-order valence-corrected chi connectivity index (χ0v) is 22.7. The van der Waals surface area contributed by atoms with Crippen molar-refractivity contribution >= 4 is 56.1 Å². The second-order valence-corrected chi connectivity index (χ2v) is 10.5. The molecule has 0 bridgehead atoms. The SMILES string of the molecule is O=C(Cc1ccccn1)Nc1nnc(CNc2cccc(NCc3nnc(NC(=O)Cc4ccccn4)s3)c2)s1. The Bertz CT molecular complexity index is 1450. The average molecular weight is 573 g/mol. The maximum atomic E-state index is 12.2. The molecule has 0 aliphatic rings. The highest BCUT2D eigenvalue weighted by atomic mass is 32.1. The van der Waals surface area contributed by atoms with Crippen LogP contribution < -0.4 is 21.3 Å². The second-order valence-electron chi connectivity index (χ2n) is 8.38. The van der Waals surface area contributed by atoms with Gasteiger partial charge < -0.3 is 21.3 Å². The van der Waals surface area contributed by atoms with Crippen molar-refractivity contribution in [2.45, 2.75) is 25.9 Å². The Morgan fingerprint density at radius 1 is 0.625 bits per heavy atom. The van der Waals surface area contributed by atoms with E-state index in [9.17, 15) is 9.59 Å². The standard InChI is InChI=1S/C26H24N10O2S2/c37-21(13-19-6-1-3-10-27-19)31-25-35-33-23(39-25)15-29-17-8-5-9-18(12-17)30-16-24-34-36-26(40-24)32-22(38)14-20-7-2-4-11-28-20/h1-12,29-30H,13-16H2,(H,31,35,37)(H,32,36,38). The lowest BCUT2D eigenvalue weighted by molar-refractivity contribution is -0.116. The molecule has 0 atom stereocenters. The number of aromatic nitrogens is 6. The lowest BCUT2D eigenvalue weighted by atomic mass is 10.2. The average Bonchev–Trinajstić information content (AvgIpc) is 3.61. The molecule has 0 unspecified atom stereocenters. The first-order chi connectivity index (χ1) is 19.6. The van der Waals surface area contributed by atoms with Gasteiger partial charge in [0.2, 0.25) is 22.1 Å². The Morgan fingerprint density at radius 2 is 1.12 bits per heavy atom. The van der Waals surface area contributed by atoms with Crippen LogP contribution in [0.3, 0.4) is 0 Å². The van der Waals surface area contributed by atoms with Crippen LogP contribution in [-0.4, -0.2) is 42.2 Å². The van der Waals surface area contributed by atoms with E-state index in [1.165, 1.54) is 22.7 Å². The molecule has 0 aliphatic heterocycles. The molecule has 4 heterocycles. The first-order valence-electron chi connectivity index (χ1n) is 12.2. The number of pyridine rings is 2. The van der Waals surface area contributed by atoms with Gasteiger partial charge in [0.25, 0.3) is 0 Å². The quantitative estimate of drug-likeness (QED) is 0.173. The van der Waals surface area contributed by atoms with Crippen LogP contribution in [0.2, 0.25) is 0 Å². The van der Waals surface area contributed by atoms with Crippen molar-refractivity contribution in [1.29, 1.82) is 0 Å². The fourth-order valence-electron chi connectivity index (χ4n) is 3.51. The molecule has 4 N–H and O–H groups in total. The van der Waals surface area contributed by atoms with E-state index >= 15 is 0 Å². The molecule has 0 aliphatic carbocycles. The Kier molecular flexibility index (Phi) is 8.91. The summed E-state index contributed by atoms with van der Waals surface area (Å²) in [5.74, 6) is -0.384. The lowest BCUT2D eigenvalue weighted by Crippen LogP contribution is -2.14. The third kappa shape index (κ3) is 8.09. The van der Waals surface area contributed by atoms with Crippen LogP contribution in [0.25, 0.3) is 0 Å². The Morgan fingerprint density at radius 3 is 1.57 bits per heavy atom. The van der Waals surface area contributed by atoms with E-state index in [0.29, 0.717) is 34.7 Å². The molecule has 14 heteroatoms. The number of carbonyl (C=O) groups is 2. The van der Waals surface area contributed by atoms with Gasteiger partial charge in [-0.3, -0.25) is 19.6 Å². The summed E-state index contributed by atoms with van der Waals surface area (Å²) >= 11 is 2.62. The van der Waals surface area contributed by atoms with Crippen LogP contribution >= 0.6 is 22.7 Å². The molecule has 4 aromatic heterocycles. The smallest absolute Gasteiger partial charge is 0.232 e. The minimum absolute atomic E-state index is 0.173. The number of nitrogens with zero attached hydrogens (tertiary/aromatic N) is 6. The van der Waals surface area contributed by atoms with Crippen molar-refractivity contribution < 1.29 is 9.59 Å². The highest BCUT2D eigenvalue weighted by Gasteiger charge is 2.11. The highest BCUT2D eigenvalue weighted by molar-refractivity contribution is 7.15. The number of hydrogen-bond donors (Lipinski definition) is 4. The molecule has 0 fully saturated rings. The van der Waals surface area contributed by atoms with Crippen molar-refractivity contribution in [1.82, 2.24) is 30.4 Å². The predicted molar refractivity (Wildman–Crippen MR) is 154 cm³/mol. The van der Waals surface area contributed by atoms with Crippen LogP contribution in [0.5, 0.6) is 0 Å². The third-order valence-corrected chi connectivity index (χ3v) is 6.99. The number of nitrogens with one attached hydrogen (secondary N) is 4. The van der Waals surface area contributed by atoms with Crippen LogP contribution in [0, 0.1) is 0 Å². The lowest BCUT2D eigenvalue weighted by Gasteiger charge is -2.08. The van der Waals surface area contributed by atoms with Gasteiger partial charge in [0.15, 0.2) is 0 Å². The summed E-state index contributed by atoms with van der Waals surface area (Å²) in [5.41, 5.74) is 3.16. The molecular formula is C26H24N10O2S2. The second kappa shape index (κ2) is 13.3. The summed E-state index contributed by atoms with van der Waals surface area (Å²) < 4.78 is 0. The van der Waals surface area contributed by atoms with E-state index in [-0.39, 0.29) is 24.7 Å². The summed E-state index contributed by atoms with van der Waals surface area (Å²) in [4.78, 5) is 32.8. The fraction of sp³-hybridized carbons (Fsp3) is 0.154. The molecule has 0 saturated heterocycles. The van der Waals surface area contributed by atoms with Crippen LogP contribution in [0.1, 0.15) is 21.4 Å². The van der Waals surface area contributed by atoms with Gasteiger partial charge in [-0.15, -0.1) is 20.4 Å². The number of amides is 2. The molecule has 5 rings (SSSR count). The summed E-state index contributed by atoms with van der Waals surface area (Å²) in [5, 5.41) is 30.9. The maximum Gasteiger partial charge on any atom is 0.232 e. The van der Waals surface area contributed by atoms with Crippen molar-refractivity contribution in [3.05, 3.63) is 94.5 Å². The van der Waals surface area contributed by atoms with Crippen molar-refractivity contribution in [2.75, 3.05) is 21.3 Å². The molecular weight excluding hydrogens is 548 g/mol. The molecule has 40 heavy (non-hydrogen) atoms. The monoisotopic (exact) mass is 572 g/mol. The van der Waals surface area contributed by atoms with E-state index in [0.717, 1.165) is 21.4 Å². The first-order valence-corrected chi connectivity index (χ1v) is 13.8. The molecule has 0 spiro atoms. The minimum Gasteiger partial charge on any atom is -0.378 e. The minimum atomic E-state index is -0.192. The Balaban J connectivity index is 1.06. The van der Waals surface area contributed by atoms with E-state index in [2.05, 4.69) is 51.6 Å². The summed E-state index contributed by atoms with van der Waals surface area (Å²) in [6.07, 6.45) is 3.66. The highest BCUT2D eigenvalue weighted by Crippen LogP contribution is 2.21. The Hall–Kier alpha value is -4.82. The number of rotatable bonds is 12. The fourth-order valence-corrected chi connectivity index (χ4v) is 4.90. The Labute approximate surface area is 237 Å². The molecule has 202 valence electrons. The van der Waals surface area contributed by atoms with E-state index in [4.69, 9.17) is 0 Å². The van der Waals surface area contributed by atoms with Crippen molar-refractivity contribution in [3.8, 4) is 0 Å². The van der Waals surface area contributed by atoms with Gasteiger partial charge in [-0.05, 0) is 42.5 Å². The largest absolute Gasteiger partial charge is 0.378 e. The molecule has 2 amide bonds. The third-order valence-electron chi connectivity index (χ3n) is 5.31. The molecule has 0 radical (unpaired) electrons. The number of benzene rings is 1. The van der Waals surface area contributed by atoms with Gasteiger partial charge in [-0.2, -0.15) is 0 Å². The maximum absolute atomic E-state index is 12.2. The zero-order valence-electron chi connectivity index (χ0n) is 21.1. The van der Waals surface area contributed by atoms with E-state index < -0.39 is 0 Å². The summed E-state index contributed by atoms with van der Waals surface area (Å²) in [6.45, 7) is 0.907. The van der Waals surface area contributed by atoms with Crippen molar-refractivity contribution in [2.24, 2.45) is 0 Å². The number of carbonyl (C=O) groups excluding carboxylic acids is 2. The topological polar surface area (TPSA) is 160 Å². The zero-order chi connectivity index (χ0) is 27.6. The van der Waals surface area contributed by atoms with Crippen LogP contribution in [0.15, 0.2) is 73.1 Å². The number of hydrogen-bond acceptors (Lipinski definition) is 12. The first kappa shape index (κ1) is 26.8. The van der Waals surface area contributed by atoms with E-state index in [1.54, 1.807) is 36.7 Å². The van der Waals surface area contributed by atoms with Gasteiger partial charge in [-0.25, -0.2) is 0 Å². The summed E-state index contributed by atoms with van der Waals surface area (Å²) in [6, 6.07) is 18.7. The number of anilines is 4. The van der Waals surface area contributed by atoms with Crippen LogP contribution in [-0.2, 0) is 35.5 Å². The van der Waals surface area contributed by atoms with Gasteiger partial charge in [0.05, 0.1) is 25.9 Å². The molecule has 0 saturated carbocycles. The normalized spacial score (nSPS) is 10.6. The van der Waals surface area contributed by atoms with Crippen molar-refractivity contribution in [3.63, 3.8) is 0 Å². The van der Waals surface area contributed by atoms with Gasteiger partial charge >= 0.3 is 0 Å². The molecule has 12 nitrogen and oxygen atoms in total.